The number of carbonyl (C=O) groups excluding carboxylic acids is 1. The van der Waals surface area contributed by atoms with Gasteiger partial charge >= 0.3 is 0 Å². The predicted molar refractivity (Wildman–Crippen MR) is 150 cm³/mol. The van der Waals surface area contributed by atoms with Crippen LogP contribution in [0.5, 0.6) is 0 Å². The number of hydrogen-bond donors (Lipinski definition) is 5. The number of unbranched alkanes of at least 4 members (excludes halogenated alkanes) is 2. The molecule has 6 N–H and O–H groups in total. The Morgan fingerprint density at radius 3 is 2.49 bits per heavy atom. The van der Waals surface area contributed by atoms with Gasteiger partial charge in [0.05, 0.1) is 5.69 Å². The normalized spacial score (nSPS) is 22.0. The van der Waals surface area contributed by atoms with Gasteiger partial charge in [0.15, 0.2) is 0 Å². The Morgan fingerprint density at radius 2 is 1.78 bits per heavy atom. The summed E-state index contributed by atoms with van der Waals surface area (Å²) < 4.78 is 0. The molecule has 8 nitrogen and oxygen atoms in total. The van der Waals surface area contributed by atoms with Crippen LogP contribution in [0.3, 0.4) is 0 Å². The number of hydrogen-bond acceptors (Lipinski definition) is 6. The van der Waals surface area contributed by atoms with E-state index in [2.05, 4.69) is 18.7 Å². The number of rotatable bonds is 9. The summed E-state index contributed by atoms with van der Waals surface area (Å²) in [4.78, 5) is 19.2. The van der Waals surface area contributed by atoms with Gasteiger partial charge in [-0.1, -0.05) is 31.0 Å². The third-order valence-electron chi connectivity index (χ3n) is 7.56. The van der Waals surface area contributed by atoms with Crippen molar-refractivity contribution < 1.29 is 10.0 Å². The zero-order chi connectivity index (χ0) is 26.5. The minimum atomic E-state index is -0.442. The van der Waals surface area contributed by atoms with Crippen molar-refractivity contribution in [1.82, 2.24) is 10.4 Å². The number of thioether (sulfide) groups is 1. The number of nitrogen functional groups attached to an aromatic ring is 1. The summed E-state index contributed by atoms with van der Waals surface area (Å²) in [6.07, 6.45) is 6.87. The molecule has 1 unspecified atom stereocenters. The number of amides is 1. The molecule has 3 atom stereocenters. The summed E-state index contributed by atoms with van der Waals surface area (Å²) in [6.45, 7) is 6.33. The van der Waals surface area contributed by atoms with Crippen LogP contribution in [0.15, 0.2) is 47.4 Å². The van der Waals surface area contributed by atoms with Crippen molar-refractivity contribution in [3.63, 3.8) is 0 Å². The maximum Gasteiger partial charge on any atom is 0.245 e. The van der Waals surface area contributed by atoms with E-state index in [1.807, 2.05) is 34.6 Å². The Hall–Kier alpha value is -2.88. The third-order valence-corrected chi connectivity index (χ3v) is 8.87. The van der Waals surface area contributed by atoms with E-state index in [4.69, 9.17) is 16.6 Å². The fraction of sp³-hybridized carbons (Fsp3) is 0.464. The van der Waals surface area contributed by atoms with Gasteiger partial charge in [0.1, 0.15) is 16.9 Å². The molecule has 0 saturated carbocycles. The molecule has 2 aromatic rings. The van der Waals surface area contributed by atoms with Crippen molar-refractivity contribution >= 4 is 35.0 Å². The number of amidine groups is 2. The SMILES string of the molecule is C[C@@H]1CCC[C@H](C)N1CCCCCN1C(=O)C(c2cccc(C(=N)N)c2)Sc2ccc(C(=N)NO)cc21. The molecule has 0 bridgehead atoms. The van der Waals surface area contributed by atoms with E-state index >= 15 is 0 Å². The van der Waals surface area contributed by atoms with Crippen LogP contribution in [0.4, 0.5) is 5.69 Å². The van der Waals surface area contributed by atoms with Crippen LogP contribution < -0.4 is 16.1 Å². The van der Waals surface area contributed by atoms with Crippen molar-refractivity contribution in [2.24, 2.45) is 5.73 Å². The molecule has 2 aliphatic heterocycles. The van der Waals surface area contributed by atoms with Crippen LogP contribution in [0.1, 0.15) is 74.3 Å². The average Bonchev–Trinajstić information content (AvgIpc) is 2.90. The second kappa shape index (κ2) is 12.1. The Balaban J connectivity index is 1.51. The largest absolute Gasteiger partial charge is 0.384 e. The van der Waals surface area contributed by atoms with E-state index in [0.717, 1.165) is 42.0 Å². The number of carbonyl (C=O) groups is 1. The molecule has 0 radical (unpaired) electrons. The second-order valence-electron chi connectivity index (χ2n) is 10.1. The summed E-state index contributed by atoms with van der Waals surface area (Å²) in [5.74, 6) is -0.150. The smallest absolute Gasteiger partial charge is 0.245 e. The van der Waals surface area contributed by atoms with E-state index in [-0.39, 0.29) is 17.6 Å². The van der Waals surface area contributed by atoms with Crippen molar-refractivity contribution in [3.05, 3.63) is 59.2 Å². The summed E-state index contributed by atoms with van der Waals surface area (Å²) in [5, 5.41) is 24.5. The molecule has 1 fully saturated rings. The maximum absolute atomic E-state index is 13.8. The van der Waals surface area contributed by atoms with Crippen molar-refractivity contribution in [1.29, 1.82) is 10.8 Å². The average molecular weight is 523 g/mol. The van der Waals surface area contributed by atoms with Crippen molar-refractivity contribution in [2.45, 2.75) is 74.6 Å². The zero-order valence-electron chi connectivity index (χ0n) is 21.7. The molecule has 2 aliphatic rings. The first kappa shape index (κ1) is 27.2. The zero-order valence-corrected chi connectivity index (χ0v) is 22.5. The monoisotopic (exact) mass is 522 g/mol. The van der Waals surface area contributed by atoms with Gasteiger partial charge in [-0.25, -0.2) is 0 Å². The highest BCUT2D eigenvalue weighted by atomic mass is 32.2. The van der Waals surface area contributed by atoms with Crippen molar-refractivity contribution in [2.75, 3.05) is 18.0 Å². The standard InChI is InChI=1S/C28H38N6O2S/c1-18-8-6-9-19(2)33(18)14-4-3-5-15-34-23-17-22(27(31)32-36)12-13-24(23)37-25(28(34)35)20-10-7-11-21(16-20)26(29)30/h7,10-13,16-19,25,36H,3-6,8-9,14-15H2,1-2H3,(H3,29,30)(H2,31,32)/t18-,19+,25?. The van der Waals surface area contributed by atoms with Crippen LogP contribution in [0, 0.1) is 10.8 Å². The van der Waals surface area contributed by atoms with E-state index < -0.39 is 5.25 Å². The van der Waals surface area contributed by atoms with Gasteiger partial charge in [-0.3, -0.25) is 31.2 Å². The molecule has 37 heavy (non-hydrogen) atoms. The van der Waals surface area contributed by atoms with Gasteiger partial charge in [0, 0.05) is 34.7 Å². The van der Waals surface area contributed by atoms with Crippen LogP contribution in [-0.4, -0.2) is 52.9 Å². The minimum Gasteiger partial charge on any atom is -0.384 e. The predicted octanol–water partition coefficient (Wildman–Crippen LogP) is 4.89. The van der Waals surface area contributed by atoms with Crippen molar-refractivity contribution in [3.8, 4) is 0 Å². The van der Waals surface area contributed by atoms with Gasteiger partial charge in [0.2, 0.25) is 5.91 Å². The Bertz CT molecular complexity index is 1150. The lowest BCUT2D eigenvalue weighted by atomic mass is 9.97. The maximum atomic E-state index is 13.8. The fourth-order valence-corrected chi connectivity index (χ4v) is 6.65. The second-order valence-corrected chi connectivity index (χ2v) is 11.3. The number of anilines is 1. The summed E-state index contributed by atoms with van der Waals surface area (Å²) in [7, 11) is 0. The van der Waals surface area contributed by atoms with E-state index in [1.54, 1.807) is 18.2 Å². The number of nitrogens with two attached hydrogens (primary N) is 1. The highest BCUT2D eigenvalue weighted by molar-refractivity contribution is 8.00. The fourth-order valence-electron chi connectivity index (χ4n) is 5.45. The van der Waals surface area contributed by atoms with Gasteiger partial charge in [-0.05, 0) is 75.9 Å². The molecule has 1 saturated heterocycles. The van der Waals surface area contributed by atoms with Gasteiger partial charge in [-0.2, -0.15) is 0 Å². The Morgan fingerprint density at radius 1 is 1.05 bits per heavy atom. The van der Waals surface area contributed by atoms with Gasteiger partial charge in [0.25, 0.3) is 0 Å². The number of nitrogens with zero attached hydrogens (tertiary/aromatic N) is 2. The highest BCUT2D eigenvalue weighted by Crippen LogP contribution is 2.47. The molecule has 1 amide bonds. The first-order valence-electron chi connectivity index (χ1n) is 13.1. The summed E-state index contributed by atoms with van der Waals surface area (Å²) in [5.41, 5.74) is 10.3. The molecule has 2 heterocycles. The Kier molecular flexibility index (Phi) is 8.89. The Labute approximate surface area is 223 Å². The number of likely N-dealkylation sites (tertiary alicyclic amines) is 1. The molecule has 9 heteroatoms. The first-order chi connectivity index (χ1) is 17.8. The minimum absolute atomic E-state index is 0.0166. The number of piperidine rings is 1. The van der Waals surface area contributed by atoms with E-state index in [0.29, 0.717) is 29.8 Å². The van der Waals surface area contributed by atoms with E-state index in [1.165, 1.54) is 31.0 Å². The molecule has 198 valence electrons. The molecule has 0 spiro atoms. The first-order valence-corrected chi connectivity index (χ1v) is 14.0. The molecular formula is C28H38N6O2S. The number of nitrogens with one attached hydrogen (secondary N) is 3. The van der Waals surface area contributed by atoms with Gasteiger partial charge < -0.3 is 10.6 Å². The quantitative estimate of drug-likeness (QED) is 0.138. The molecule has 2 aromatic carbocycles. The molecule has 0 aromatic heterocycles. The molecule has 0 aliphatic carbocycles. The summed E-state index contributed by atoms with van der Waals surface area (Å²) >= 11 is 1.47. The van der Waals surface area contributed by atoms with Crippen LogP contribution in [0.25, 0.3) is 0 Å². The number of hydroxylamine groups is 1. The molecule has 4 rings (SSSR count). The van der Waals surface area contributed by atoms with Gasteiger partial charge in [-0.15, -0.1) is 11.8 Å². The van der Waals surface area contributed by atoms with Crippen LogP contribution in [-0.2, 0) is 4.79 Å². The third kappa shape index (κ3) is 6.17. The van der Waals surface area contributed by atoms with Crippen LogP contribution >= 0.6 is 11.8 Å². The van der Waals surface area contributed by atoms with E-state index in [9.17, 15) is 10.0 Å². The lowest BCUT2D eigenvalue weighted by Gasteiger charge is -2.39. The number of fused-ring (bicyclic) bond motifs is 1. The highest BCUT2D eigenvalue weighted by Gasteiger charge is 2.35. The number of benzene rings is 2. The lowest BCUT2D eigenvalue weighted by molar-refractivity contribution is -0.118. The summed E-state index contributed by atoms with van der Waals surface area (Å²) in [6, 6.07) is 14.1. The lowest BCUT2D eigenvalue weighted by Crippen LogP contribution is -2.44. The molecular weight excluding hydrogens is 484 g/mol. The topological polar surface area (TPSA) is 130 Å². The van der Waals surface area contributed by atoms with Crippen LogP contribution in [0.2, 0.25) is 0 Å².